The lowest BCUT2D eigenvalue weighted by Crippen LogP contribution is -2.45. The fourth-order valence-corrected chi connectivity index (χ4v) is 4.49. The third-order valence-corrected chi connectivity index (χ3v) is 5.38. The maximum absolute atomic E-state index is 3.70. The van der Waals surface area contributed by atoms with Gasteiger partial charge in [-0.15, -0.1) is 0 Å². The Labute approximate surface area is 111 Å². The minimum absolute atomic E-state index is 0.627. The standard InChI is InChI=1S/C14H28N2S/c1-11(2)15-12-8-9-16(10-12)13-6-4-5-7-14(13)17-3/h11-15H,4-10H2,1-3H3. The summed E-state index contributed by atoms with van der Waals surface area (Å²) in [5.41, 5.74) is 0. The topological polar surface area (TPSA) is 15.3 Å². The molecule has 1 heterocycles. The number of hydrogen-bond donors (Lipinski definition) is 1. The molecule has 100 valence electrons. The van der Waals surface area contributed by atoms with Gasteiger partial charge in [-0.1, -0.05) is 26.7 Å². The van der Waals surface area contributed by atoms with E-state index in [1.54, 1.807) is 0 Å². The van der Waals surface area contributed by atoms with Crippen LogP contribution in [0.3, 0.4) is 0 Å². The maximum Gasteiger partial charge on any atom is 0.0215 e. The van der Waals surface area contributed by atoms with Crippen molar-refractivity contribution >= 4 is 11.8 Å². The lowest BCUT2D eigenvalue weighted by Gasteiger charge is -2.37. The van der Waals surface area contributed by atoms with Crippen molar-refractivity contribution in [1.82, 2.24) is 10.2 Å². The second-order valence-corrected chi connectivity index (χ2v) is 7.00. The summed E-state index contributed by atoms with van der Waals surface area (Å²) in [6, 6.07) is 2.22. The van der Waals surface area contributed by atoms with Gasteiger partial charge < -0.3 is 5.32 Å². The molecular weight excluding hydrogens is 228 g/mol. The molecule has 2 nitrogen and oxygen atoms in total. The van der Waals surface area contributed by atoms with E-state index in [4.69, 9.17) is 0 Å². The summed E-state index contributed by atoms with van der Waals surface area (Å²) in [6.45, 7) is 7.11. The number of likely N-dealkylation sites (tertiary alicyclic amines) is 1. The van der Waals surface area contributed by atoms with Gasteiger partial charge in [0, 0.05) is 36.5 Å². The third kappa shape index (κ3) is 3.62. The summed E-state index contributed by atoms with van der Waals surface area (Å²) in [7, 11) is 0. The first-order valence-electron chi connectivity index (χ1n) is 7.23. The Morgan fingerprint density at radius 2 is 1.94 bits per heavy atom. The molecule has 3 unspecified atom stereocenters. The van der Waals surface area contributed by atoms with E-state index in [-0.39, 0.29) is 0 Å². The molecule has 2 rings (SSSR count). The molecular formula is C14H28N2S. The van der Waals surface area contributed by atoms with Crippen molar-refractivity contribution in [2.24, 2.45) is 0 Å². The molecule has 1 N–H and O–H groups in total. The van der Waals surface area contributed by atoms with Crippen molar-refractivity contribution in [2.75, 3.05) is 19.3 Å². The number of hydrogen-bond acceptors (Lipinski definition) is 3. The van der Waals surface area contributed by atoms with Crippen LogP contribution in [0.4, 0.5) is 0 Å². The largest absolute Gasteiger partial charge is 0.310 e. The lowest BCUT2D eigenvalue weighted by molar-refractivity contribution is 0.193. The molecule has 1 aliphatic carbocycles. The molecule has 2 fully saturated rings. The first kappa shape index (κ1) is 13.7. The highest BCUT2D eigenvalue weighted by atomic mass is 32.2. The molecule has 3 heteroatoms. The Morgan fingerprint density at radius 1 is 1.18 bits per heavy atom. The smallest absolute Gasteiger partial charge is 0.0215 e. The Hall–Kier alpha value is 0.270. The van der Waals surface area contributed by atoms with Crippen LogP contribution in [0.1, 0.15) is 46.0 Å². The Balaban J connectivity index is 1.85. The van der Waals surface area contributed by atoms with E-state index in [0.29, 0.717) is 6.04 Å². The van der Waals surface area contributed by atoms with Crippen molar-refractivity contribution in [3.05, 3.63) is 0 Å². The van der Waals surface area contributed by atoms with Gasteiger partial charge in [0.15, 0.2) is 0 Å². The minimum Gasteiger partial charge on any atom is -0.310 e. The molecule has 0 aromatic rings. The van der Waals surface area contributed by atoms with Crippen molar-refractivity contribution in [3.8, 4) is 0 Å². The van der Waals surface area contributed by atoms with Crippen molar-refractivity contribution < 1.29 is 0 Å². The van der Waals surface area contributed by atoms with E-state index in [1.165, 1.54) is 45.2 Å². The monoisotopic (exact) mass is 256 g/mol. The SMILES string of the molecule is CSC1CCCCC1N1CCC(NC(C)C)C1. The van der Waals surface area contributed by atoms with Gasteiger partial charge in [0.05, 0.1) is 0 Å². The van der Waals surface area contributed by atoms with Crippen LogP contribution < -0.4 is 5.32 Å². The second kappa shape index (κ2) is 6.44. The summed E-state index contributed by atoms with van der Waals surface area (Å²) in [6.07, 6.45) is 9.40. The van der Waals surface area contributed by atoms with Crippen LogP contribution in [0.15, 0.2) is 0 Å². The van der Waals surface area contributed by atoms with Crippen LogP contribution in [-0.4, -0.2) is 47.6 Å². The quantitative estimate of drug-likeness (QED) is 0.832. The molecule has 1 saturated heterocycles. The maximum atomic E-state index is 3.70. The van der Waals surface area contributed by atoms with Crippen LogP contribution >= 0.6 is 11.8 Å². The normalized spacial score (nSPS) is 35.6. The van der Waals surface area contributed by atoms with Crippen LogP contribution in [0.25, 0.3) is 0 Å². The molecule has 0 radical (unpaired) electrons. The summed E-state index contributed by atoms with van der Waals surface area (Å²) in [5.74, 6) is 0. The van der Waals surface area contributed by atoms with Gasteiger partial charge in [-0.05, 0) is 25.5 Å². The second-order valence-electron chi connectivity index (χ2n) is 5.93. The zero-order chi connectivity index (χ0) is 12.3. The van der Waals surface area contributed by atoms with E-state index < -0.39 is 0 Å². The van der Waals surface area contributed by atoms with Crippen LogP contribution in [0.5, 0.6) is 0 Å². The van der Waals surface area contributed by atoms with Gasteiger partial charge in [0.1, 0.15) is 0 Å². The van der Waals surface area contributed by atoms with Crippen molar-refractivity contribution in [1.29, 1.82) is 0 Å². The third-order valence-electron chi connectivity index (χ3n) is 4.23. The Bertz CT molecular complexity index is 232. The molecule has 1 saturated carbocycles. The molecule has 0 spiro atoms. The Kier molecular flexibility index (Phi) is 5.19. The van der Waals surface area contributed by atoms with Crippen molar-refractivity contribution in [2.45, 2.75) is 69.3 Å². The van der Waals surface area contributed by atoms with Gasteiger partial charge in [0.25, 0.3) is 0 Å². The van der Waals surface area contributed by atoms with Crippen molar-refractivity contribution in [3.63, 3.8) is 0 Å². The van der Waals surface area contributed by atoms with Gasteiger partial charge in [-0.2, -0.15) is 11.8 Å². The van der Waals surface area contributed by atoms with Crippen LogP contribution in [0.2, 0.25) is 0 Å². The molecule has 17 heavy (non-hydrogen) atoms. The molecule has 0 bridgehead atoms. The predicted octanol–water partition coefficient (Wildman–Crippen LogP) is 2.73. The average Bonchev–Trinajstić information content (AvgIpc) is 2.76. The molecule has 0 amide bonds. The average molecular weight is 256 g/mol. The van der Waals surface area contributed by atoms with E-state index >= 15 is 0 Å². The highest BCUT2D eigenvalue weighted by Crippen LogP contribution is 2.32. The molecule has 3 atom stereocenters. The summed E-state index contributed by atoms with van der Waals surface area (Å²) in [5, 5.41) is 4.59. The Morgan fingerprint density at radius 3 is 2.65 bits per heavy atom. The van der Waals surface area contributed by atoms with Crippen LogP contribution in [0, 0.1) is 0 Å². The lowest BCUT2D eigenvalue weighted by atomic mass is 9.94. The molecule has 0 aromatic heterocycles. The fourth-order valence-electron chi connectivity index (χ4n) is 3.47. The summed E-state index contributed by atoms with van der Waals surface area (Å²) < 4.78 is 0. The molecule has 0 aromatic carbocycles. The number of thioether (sulfide) groups is 1. The van der Waals surface area contributed by atoms with Gasteiger partial charge in [0.2, 0.25) is 0 Å². The molecule has 1 aliphatic heterocycles. The summed E-state index contributed by atoms with van der Waals surface area (Å²) >= 11 is 2.09. The van der Waals surface area contributed by atoms with Crippen LogP contribution in [-0.2, 0) is 0 Å². The molecule has 2 aliphatic rings. The van der Waals surface area contributed by atoms with Gasteiger partial charge >= 0.3 is 0 Å². The zero-order valence-electron chi connectivity index (χ0n) is 11.6. The minimum atomic E-state index is 0.627. The predicted molar refractivity (Wildman–Crippen MR) is 77.8 cm³/mol. The van der Waals surface area contributed by atoms with Gasteiger partial charge in [-0.25, -0.2) is 0 Å². The zero-order valence-corrected chi connectivity index (χ0v) is 12.4. The number of nitrogens with zero attached hydrogens (tertiary/aromatic N) is 1. The number of nitrogens with one attached hydrogen (secondary N) is 1. The van der Waals surface area contributed by atoms with E-state index in [0.717, 1.165) is 17.3 Å². The highest BCUT2D eigenvalue weighted by molar-refractivity contribution is 7.99. The number of rotatable bonds is 4. The van der Waals surface area contributed by atoms with E-state index in [9.17, 15) is 0 Å². The van der Waals surface area contributed by atoms with Gasteiger partial charge in [-0.3, -0.25) is 4.90 Å². The fraction of sp³-hybridized carbons (Fsp3) is 1.00. The summed E-state index contributed by atoms with van der Waals surface area (Å²) in [4.78, 5) is 2.76. The van der Waals surface area contributed by atoms with E-state index in [2.05, 4.69) is 42.1 Å². The first-order chi connectivity index (χ1) is 8.20. The first-order valence-corrected chi connectivity index (χ1v) is 8.52. The highest BCUT2D eigenvalue weighted by Gasteiger charge is 2.34. The van der Waals surface area contributed by atoms with E-state index in [1.807, 2.05) is 0 Å².